The van der Waals surface area contributed by atoms with E-state index in [1.165, 1.54) is 6.07 Å². The highest BCUT2D eigenvalue weighted by molar-refractivity contribution is 9.09. The summed E-state index contributed by atoms with van der Waals surface area (Å²) in [5.74, 6) is 0. The molecule has 1 aliphatic carbocycles. The maximum absolute atomic E-state index is 11.3. The summed E-state index contributed by atoms with van der Waals surface area (Å²) in [6.07, 6.45) is 0. The van der Waals surface area contributed by atoms with Crippen molar-refractivity contribution in [3.05, 3.63) is 60.6 Å². The number of hydrogen-bond acceptors (Lipinski definition) is 2. The van der Waals surface area contributed by atoms with E-state index < -0.39 is 4.92 Å². The van der Waals surface area contributed by atoms with Crippen LogP contribution >= 0.6 is 50.7 Å². The number of rotatable bonds is 1. The molecule has 1 unspecified atom stereocenters. The van der Waals surface area contributed by atoms with Gasteiger partial charge in [0.25, 0.3) is 5.69 Å². The van der Waals surface area contributed by atoms with Gasteiger partial charge in [-0.1, -0.05) is 50.7 Å². The average Bonchev–Trinajstić information content (AvgIpc) is 2.62. The Bertz CT molecular complexity index is 764. The summed E-state index contributed by atoms with van der Waals surface area (Å²) in [4.78, 5) is 10.6. The van der Waals surface area contributed by atoms with Gasteiger partial charge in [-0.3, -0.25) is 10.1 Å². The van der Waals surface area contributed by atoms with E-state index in [0.29, 0.717) is 26.2 Å². The molecule has 0 amide bonds. The largest absolute Gasteiger partial charge is 0.279 e. The normalized spacial score (nSPS) is 15.9. The third-order valence-electron chi connectivity index (χ3n) is 3.19. The molecule has 0 spiro atoms. The number of nitro groups is 1. The molecule has 0 N–H and O–H groups in total. The minimum absolute atomic E-state index is 0.0556. The maximum atomic E-state index is 11.3. The SMILES string of the molecule is O=[N+]([O-])c1cc(Cl)cc2c1-c1c(Cl)cc(Cl)cc1C2Br. The predicted molar refractivity (Wildman–Crippen MR) is 84.3 cm³/mol. The molecule has 0 radical (unpaired) electrons. The molecule has 20 heavy (non-hydrogen) atoms. The van der Waals surface area contributed by atoms with Crippen LogP contribution in [0, 0.1) is 10.1 Å². The molecule has 7 heteroatoms. The Morgan fingerprint density at radius 2 is 1.55 bits per heavy atom. The second-order valence-corrected chi connectivity index (χ2v) is 6.56. The molecule has 0 saturated carbocycles. The zero-order valence-electron chi connectivity index (χ0n) is 9.66. The minimum Gasteiger partial charge on any atom is -0.258 e. The van der Waals surface area contributed by atoms with Gasteiger partial charge in [0.2, 0.25) is 0 Å². The summed E-state index contributed by atoms with van der Waals surface area (Å²) < 4.78 is 0. The van der Waals surface area contributed by atoms with Crippen LogP contribution in [-0.2, 0) is 0 Å². The van der Waals surface area contributed by atoms with Crippen molar-refractivity contribution in [2.45, 2.75) is 4.83 Å². The molecule has 1 atom stereocenters. The molecule has 0 bridgehead atoms. The van der Waals surface area contributed by atoms with Crippen LogP contribution in [-0.4, -0.2) is 4.92 Å². The van der Waals surface area contributed by atoms with Crippen molar-refractivity contribution in [1.29, 1.82) is 0 Å². The van der Waals surface area contributed by atoms with Crippen LogP contribution in [0.4, 0.5) is 5.69 Å². The van der Waals surface area contributed by atoms with Crippen molar-refractivity contribution < 1.29 is 4.92 Å². The van der Waals surface area contributed by atoms with Gasteiger partial charge in [-0.15, -0.1) is 0 Å². The Labute approximate surface area is 137 Å². The number of alkyl halides is 1. The summed E-state index contributed by atoms with van der Waals surface area (Å²) in [6, 6.07) is 6.36. The predicted octanol–water partition coefficient (Wildman–Crippen LogP) is 6.02. The highest BCUT2D eigenvalue weighted by Crippen LogP contribution is 2.55. The van der Waals surface area contributed by atoms with Gasteiger partial charge in [0.05, 0.1) is 20.3 Å². The van der Waals surface area contributed by atoms with Gasteiger partial charge < -0.3 is 0 Å². The molecule has 2 aromatic rings. The van der Waals surface area contributed by atoms with Gasteiger partial charge in [-0.25, -0.2) is 0 Å². The quantitative estimate of drug-likeness (QED) is 0.338. The van der Waals surface area contributed by atoms with Crippen LogP contribution in [0.25, 0.3) is 11.1 Å². The summed E-state index contributed by atoms with van der Waals surface area (Å²) >= 11 is 21.7. The van der Waals surface area contributed by atoms with Crippen LogP contribution in [0.3, 0.4) is 0 Å². The van der Waals surface area contributed by atoms with E-state index in [2.05, 4.69) is 15.9 Å². The molecule has 3 rings (SSSR count). The monoisotopic (exact) mass is 391 g/mol. The van der Waals surface area contributed by atoms with Crippen LogP contribution in [0.15, 0.2) is 24.3 Å². The number of fused-ring (bicyclic) bond motifs is 3. The van der Waals surface area contributed by atoms with Crippen LogP contribution < -0.4 is 0 Å². The Hall–Kier alpha value is -0.810. The molecular weight excluding hydrogens is 388 g/mol. The van der Waals surface area contributed by atoms with Crippen molar-refractivity contribution in [2.75, 3.05) is 0 Å². The van der Waals surface area contributed by atoms with Crippen molar-refractivity contribution in [2.24, 2.45) is 0 Å². The molecular formula is C13H5BrCl3NO2. The van der Waals surface area contributed by atoms with E-state index in [-0.39, 0.29) is 10.5 Å². The third kappa shape index (κ3) is 2.02. The Morgan fingerprint density at radius 3 is 2.15 bits per heavy atom. The summed E-state index contributed by atoms with van der Waals surface area (Å²) in [5, 5.41) is 12.5. The van der Waals surface area contributed by atoms with Gasteiger partial charge in [-0.05, 0) is 29.3 Å². The lowest BCUT2D eigenvalue weighted by Crippen LogP contribution is -1.93. The van der Waals surface area contributed by atoms with Crippen LogP contribution in [0.1, 0.15) is 16.0 Å². The first-order valence-corrected chi connectivity index (χ1v) is 7.56. The maximum Gasteiger partial charge on any atom is 0.279 e. The zero-order chi connectivity index (χ0) is 14.6. The molecule has 0 heterocycles. The first-order chi connectivity index (χ1) is 9.40. The van der Waals surface area contributed by atoms with E-state index in [0.717, 1.165) is 11.1 Å². The number of nitrogens with zero attached hydrogens (tertiary/aromatic N) is 1. The fourth-order valence-corrected chi connectivity index (χ4v) is 4.00. The summed E-state index contributed by atoms with van der Waals surface area (Å²) in [6.45, 7) is 0. The summed E-state index contributed by atoms with van der Waals surface area (Å²) in [5.41, 5.74) is 2.61. The Kier molecular flexibility index (Phi) is 3.45. The first kappa shape index (κ1) is 14.1. The Morgan fingerprint density at radius 1 is 1.00 bits per heavy atom. The average molecular weight is 393 g/mol. The lowest BCUT2D eigenvalue weighted by molar-refractivity contribution is -0.384. The molecule has 0 aliphatic heterocycles. The first-order valence-electron chi connectivity index (χ1n) is 5.51. The van der Waals surface area contributed by atoms with E-state index in [1.807, 2.05) is 0 Å². The Balaban J connectivity index is 2.43. The van der Waals surface area contributed by atoms with Crippen LogP contribution in [0.5, 0.6) is 0 Å². The summed E-state index contributed by atoms with van der Waals surface area (Å²) in [7, 11) is 0. The van der Waals surface area contributed by atoms with Crippen molar-refractivity contribution >= 4 is 56.4 Å². The van der Waals surface area contributed by atoms with E-state index >= 15 is 0 Å². The number of halogens is 4. The number of nitro benzene ring substituents is 1. The zero-order valence-corrected chi connectivity index (χ0v) is 13.5. The fourth-order valence-electron chi connectivity index (χ4n) is 2.45. The standard InChI is InChI=1S/C13H5BrCl3NO2/c14-13-7-1-5(15)3-9(17)11(7)12-8(13)2-6(16)4-10(12)18(19)20/h1-4,13H. The van der Waals surface area contributed by atoms with E-state index in [1.54, 1.807) is 18.2 Å². The second kappa shape index (κ2) is 4.88. The van der Waals surface area contributed by atoms with Gasteiger partial charge in [0.1, 0.15) is 0 Å². The van der Waals surface area contributed by atoms with Gasteiger partial charge in [-0.2, -0.15) is 0 Å². The molecule has 3 nitrogen and oxygen atoms in total. The number of benzene rings is 2. The smallest absolute Gasteiger partial charge is 0.258 e. The molecule has 102 valence electrons. The van der Waals surface area contributed by atoms with Gasteiger partial charge in [0, 0.05) is 21.7 Å². The molecule has 0 saturated heterocycles. The molecule has 2 aromatic carbocycles. The highest BCUT2D eigenvalue weighted by atomic mass is 79.9. The lowest BCUT2D eigenvalue weighted by atomic mass is 10.0. The fraction of sp³-hybridized carbons (Fsp3) is 0.0769. The van der Waals surface area contributed by atoms with Crippen molar-refractivity contribution in [3.63, 3.8) is 0 Å². The van der Waals surface area contributed by atoms with Crippen molar-refractivity contribution in [3.8, 4) is 11.1 Å². The van der Waals surface area contributed by atoms with Crippen LogP contribution in [0.2, 0.25) is 15.1 Å². The number of hydrogen-bond donors (Lipinski definition) is 0. The molecule has 0 fully saturated rings. The topological polar surface area (TPSA) is 43.1 Å². The highest BCUT2D eigenvalue weighted by Gasteiger charge is 2.35. The van der Waals surface area contributed by atoms with E-state index in [4.69, 9.17) is 34.8 Å². The minimum atomic E-state index is -0.454. The third-order valence-corrected chi connectivity index (χ3v) is 4.91. The second-order valence-electron chi connectivity index (χ2n) is 4.36. The van der Waals surface area contributed by atoms with Gasteiger partial charge in [0.15, 0.2) is 0 Å². The van der Waals surface area contributed by atoms with Gasteiger partial charge >= 0.3 is 0 Å². The van der Waals surface area contributed by atoms with E-state index in [9.17, 15) is 10.1 Å². The van der Waals surface area contributed by atoms with Crippen molar-refractivity contribution in [1.82, 2.24) is 0 Å². The molecule has 1 aliphatic rings. The molecule has 0 aromatic heterocycles. The lowest BCUT2D eigenvalue weighted by Gasteiger charge is -2.06.